The van der Waals surface area contributed by atoms with Gasteiger partial charge in [-0.05, 0) is 51.3 Å². The molecule has 1 aliphatic rings. The Balaban J connectivity index is 1.88. The summed E-state index contributed by atoms with van der Waals surface area (Å²) in [4.78, 5) is 4.34. The first kappa shape index (κ1) is 10.7. The first-order valence-electron chi connectivity index (χ1n) is 6.34. The zero-order valence-corrected chi connectivity index (χ0v) is 10.2. The molecule has 1 aliphatic heterocycles. The lowest BCUT2D eigenvalue weighted by Crippen LogP contribution is -2.31. The first-order valence-corrected chi connectivity index (χ1v) is 6.34. The normalized spacial score (nSPS) is 20.9. The maximum Gasteiger partial charge on any atom is 0.155 e. The third-order valence-corrected chi connectivity index (χ3v) is 3.46. The van der Waals surface area contributed by atoms with Crippen LogP contribution in [0.5, 0.6) is 0 Å². The van der Waals surface area contributed by atoms with Gasteiger partial charge < -0.3 is 5.32 Å². The van der Waals surface area contributed by atoms with Crippen LogP contribution in [0.3, 0.4) is 0 Å². The molecule has 1 saturated heterocycles. The van der Waals surface area contributed by atoms with Crippen LogP contribution in [-0.2, 0) is 6.42 Å². The molecule has 0 amide bonds. The van der Waals surface area contributed by atoms with E-state index in [-0.39, 0.29) is 0 Å². The van der Waals surface area contributed by atoms with Crippen molar-refractivity contribution in [1.82, 2.24) is 19.9 Å². The molecule has 0 saturated carbocycles. The second-order valence-electron chi connectivity index (χ2n) is 4.91. The van der Waals surface area contributed by atoms with Gasteiger partial charge in [0.25, 0.3) is 0 Å². The van der Waals surface area contributed by atoms with E-state index in [0.717, 1.165) is 30.2 Å². The van der Waals surface area contributed by atoms with Crippen LogP contribution in [0.25, 0.3) is 5.65 Å². The van der Waals surface area contributed by atoms with Gasteiger partial charge in [-0.25, -0.2) is 9.50 Å². The highest BCUT2D eigenvalue weighted by Gasteiger charge is 2.15. The Bertz CT molecular complexity index is 511. The minimum Gasteiger partial charge on any atom is -0.316 e. The largest absolute Gasteiger partial charge is 0.316 e. The lowest BCUT2D eigenvalue weighted by atomic mass is 9.94. The van der Waals surface area contributed by atoms with Gasteiger partial charge in [0, 0.05) is 18.0 Å². The van der Waals surface area contributed by atoms with Gasteiger partial charge >= 0.3 is 0 Å². The molecule has 0 aromatic carbocycles. The highest BCUT2D eigenvalue weighted by molar-refractivity contribution is 5.39. The Kier molecular flexibility index (Phi) is 2.81. The number of hydrogen-bond acceptors (Lipinski definition) is 3. The summed E-state index contributed by atoms with van der Waals surface area (Å²) in [6, 6.07) is 4.12. The smallest absolute Gasteiger partial charge is 0.155 e. The minimum absolute atomic E-state index is 0.735. The fourth-order valence-electron chi connectivity index (χ4n) is 2.61. The van der Waals surface area contributed by atoms with Crippen LogP contribution in [0, 0.1) is 12.8 Å². The molecule has 3 heterocycles. The number of fused-ring (bicyclic) bond motifs is 1. The van der Waals surface area contributed by atoms with Crippen LogP contribution < -0.4 is 5.32 Å². The zero-order valence-electron chi connectivity index (χ0n) is 10.2. The standard InChI is InChI=1S/C13H18N4/c1-10-7-13-15-6-4-12(17(13)16-10)8-11-3-2-5-14-9-11/h4,6-7,11,14H,2-3,5,8-9H2,1H3. The lowest BCUT2D eigenvalue weighted by Gasteiger charge is -2.22. The maximum absolute atomic E-state index is 4.51. The van der Waals surface area contributed by atoms with Gasteiger partial charge in [0.15, 0.2) is 5.65 Å². The van der Waals surface area contributed by atoms with E-state index in [2.05, 4.69) is 21.5 Å². The number of aromatic nitrogens is 3. The van der Waals surface area contributed by atoms with Crippen LogP contribution in [-0.4, -0.2) is 27.7 Å². The van der Waals surface area contributed by atoms with Gasteiger partial charge in [0.1, 0.15) is 0 Å². The number of nitrogens with one attached hydrogen (secondary N) is 1. The van der Waals surface area contributed by atoms with E-state index in [9.17, 15) is 0 Å². The molecule has 90 valence electrons. The summed E-state index contributed by atoms with van der Waals surface area (Å²) in [6.07, 6.45) is 5.59. The second kappa shape index (κ2) is 4.45. The monoisotopic (exact) mass is 230 g/mol. The van der Waals surface area contributed by atoms with Crippen molar-refractivity contribution in [2.24, 2.45) is 5.92 Å². The van der Waals surface area contributed by atoms with E-state index in [4.69, 9.17) is 0 Å². The van der Waals surface area contributed by atoms with Gasteiger partial charge in [-0.15, -0.1) is 0 Å². The average Bonchev–Trinajstić information content (AvgIpc) is 2.72. The predicted molar refractivity (Wildman–Crippen MR) is 67.0 cm³/mol. The topological polar surface area (TPSA) is 42.2 Å². The predicted octanol–water partition coefficient (Wildman–Crippen LogP) is 1.58. The maximum atomic E-state index is 4.51. The highest BCUT2D eigenvalue weighted by atomic mass is 15.3. The lowest BCUT2D eigenvalue weighted by molar-refractivity contribution is 0.371. The molecular formula is C13H18N4. The summed E-state index contributed by atoms with van der Waals surface area (Å²) in [7, 11) is 0. The van der Waals surface area contributed by atoms with Crippen molar-refractivity contribution in [1.29, 1.82) is 0 Å². The average molecular weight is 230 g/mol. The fourth-order valence-corrected chi connectivity index (χ4v) is 2.61. The van der Waals surface area contributed by atoms with Gasteiger partial charge in [-0.3, -0.25) is 0 Å². The van der Waals surface area contributed by atoms with Crippen LogP contribution in [0.1, 0.15) is 24.2 Å². The van der Waals surface area contributed by atoms with Crippen molar-refractivity contribution < 1.29 is 0 Å². The molecule has 0 radical (unpaired) electrons. The molecule has 3 rings (SSSR count). The second-order valence-corrected chi connectivity index (χ2v) is 4.91. The highest BCUT2D eigenvalue weighted by Crippen LogP contribution is 2.17. The van der Waals surface area contributed by atoms with Gasteiger partial charge in [-0.1, -0.05) is 0 Å². The van der Waals surface area contributed by atoms with Crippen LogP contribution in [0.4, 0.5) is 0 Å². The molecule has 17 heavy (non-hydrogen) atoms. The molecule has 1 N–H and O–H groups in total. The van der Waals surface area contributed by atoms with Crippen LogP contribution in [0.15, 0.2) is 18.3 Å². The summed E-state index contributed by atoms with van der Waals surface area (Å²) in [5.41, 5.74) is 3.27. The molecule has 1 atom stereocenters. The summed E-state index contributed by atoms with van der Waals surface area (Å²) in [5, 5.41) is 7.98. The van der Waals surface area contributed by atoms with Crippen molar-refractivity contribution >= 4 is 5.65 Å². The summed E-state index contributed by atoms with van der Waals surface area (Å²) < 4.78 is 1.99. The SMILES string of the molecule is Cc1cc2nccc(CC3CCCNC3)n2n1. The molecule has 2 aromatic heterocycles. The van der Waals surface area contributed by atoms with Crippen LogP contribution >= 0.6 is 0 Å². The number of piperidine rings is 1. The summed E-state index contributed by atoms with van der Waals surface area (Å²) in [6.45, 7) is 4.31. The van der Waals surface area contributed by atoms with E-state index in [1.165, 1.54) is 25.1 Å². The van der Waals surface area contributed by atoms with Crippen molar-refractivity contribution in [3.05, 3.63) is 29.7 Å². The number of nitrogens with zero attached hydrogens (tertiary/aromatic N) is 3. The van der Waals surface area contributed by atoms with E-state index < -0.39 is 0 Å². The van der Waals surface area contributed by atoms with Gasteiger partial charge in [-0.2, -0.15) is 5.10 Å². The minimum atomic E-state index is 0.735. The molecule has 0 aliphatic carbocycles. The molecule has 1 fully saturated rings. The molecule has 2 aromatic rings. The Morgan fingerprint density at radius 2 is 2.47 bits per heavy atom. The molecule has 0 bridgehead atoms. The number of rotatable bonds is 2. The van der Waals surface area contributed by atoms with Crippen molar-refractivity contribution in [3.8, 4) is 0 Å². The zero-order chi connectivity index (χ0) is 11.7. The van der Waals surface area contributed by atoms with E-state index in [1.54, 1.807) is 0 Å². The first-order chi connectivity index (χ1) is 8.33. The molecular weight excluding hydrogens is 212 g/mol. The Hall–Kier alpha value is -1.42. The molecule has 4 nitrogen and oxygen atoms in total. The molecule has 4 heteroatoms. The fraction of sp³-hybridized carbons (Fsp3) is 0.538. The van der Waals surface area contributed by atoms with Crippen molar-refractivity contribution in [2.45, 2.75) is 26.2 Å². The van der Waals surface area contributed by atoms with E-state index in [0.29, 0.717) is 0 Å². The molecule has 1 unspecified atom stereocenters. The number of aryl methyl sites for hydroxylation is 1. The van der Waals surface area contributed by atoms with Crippen LogP contribution in [0.2, 0.25) is 0 Å². The van der Waals surface area contributed by atoms with Gasteiger partial charge in [0.2, 0.25) is 0 Å². The van der Waals surface area contributed by atoms with Crippen molar-refractivity contribution in [3.63, 3.8) is 0 Å². The third-order valence-electron chi connectivity index (χ3n) is 3.46. The number of hydrogen-bond donors (Lipinski definition) is 1. The van der Waals surface area contributed by atoms with E-state index >= 15 is 0 Å². The Morgan fingerprint density at radius 3 is 3.29 bits per heavy atom. The third kappa shape index (κ3) is 2.17. The van der Waals surface area contributed by atoms with E-state index in [1.807, 2.05) is 23.7 Å². The quantitative estimate of drug-likeness (QED) is 0.851. The van der Waals surface area contributed by atoms with Crippen molar-refractivity contribution in [2.75, 3.05) is 13.1 Å². The summed E-state index contributed by atoms with van der Waals surface area (Å²) in [5.74, 6) is 0.735. The summed E-state index contributed by atoms with van der Waals surface area (Å²) >= 11 is 0. The van der Waals surface area contributed by atoms with Gasteiger partial charge in [0.05, 0.1) is 5.69 Å². The Morgan fingerprint density at radius 1 is 1.53 bits per heavy atom. The molecule has 0 spiro atoms. The Labute approximate surface area is 101 Å².